The van der Waals surface area contributed by atoms with Crippen LogP contribution in [0.1, 0.15) is 54.5 Å². The van der Waals surface area contributed by atoms with E-state index in [-0.39, 0.29) is 36.4 Å². The maximum atomic E-state index is 14.8. The molecule has 1 aromatic carbocycles. The second-order valence-electron chi connectivity index (χ2n) is 9.55. The van der Waals surface area contributed by atoms with E-state index in [2.05, 4.69) is 25.5 Å². The molecular formula is C26H23F5N6O2. The average molecular weight is 547 g/mol. The molecule has 0 radical (unpaired) electrons. The quantitative estimate of drug-likeness (QED) is 0.288. The van der Waals surface area contributed by atoms with Gasteiger partial charge in [-0.05, 0) is 43.9 Å². The van der Waals surface area contributed by atoms with Crippen molar-refractivity contribution in [2.24, 2.45) is 0 Å². The molecule has 1 atom stereocenters. The highest BCUT2D eigenvalue weighted by Crippen LogP contribution is 2.59. The molecular weight excluding hydrogens is 523 g/mol. The summed E-state index contributed by atoms with van der Waals surface area (Å²) in [5, 5.41) is 9.98. The first-order chi connectivity index (χ1) is 18.4. The summed E-state index contributed by atoms with van der Waals surface area (Å²) in [6, 6.07) is 5.34. The standard InChI is InChI=1S/C26H23F5N6O2/c1-14-18(13-37(35-14)15(2)27)8-22-32-11-19(12-33-22)16-3-4-17(20(28)7-16)9-24(38)34-23-10-21(39-36-23)25(5-6-25)26(29,30)31/h3-4,7,10-13,15H,5-6,8-9H2,1-2H3,(H,34,36,38). The number of benzene rings is 1. The van der Waals surface area contributed by atoms with Gasteiger partial charge in [-0.25, -0.2) is 23.4 Å². The van der Waals surface area contributed by atoms with E-state index in [1.165, 1.54) is 36.1 Å². The van der Waals surface area contributed by atoms with Crippen LogP contribution in [-0.4, -0.2) is 37.0 Å². The Bertz CT molecular complexity index is 1510. The molecule has 1 aliphatic carbocycles. The van der Waals surface area contributed by atoms with Gasteiger partial charge in [0.15, 0.2) is 17.9 Å². The van der Waals surface area contributed by atoms with Gasteiger partial charge in [0.25, 0.3) is 0 Å². The van der Waals surface area contributed by atoms with Crippen LogP contribution in [0, 0.1) is 12.7 Å². The molecule has 1 aliphatic rings. The number of rotatable bonds is 8. The first kappa shape index (κ1) is 26.4. The number of halogens is 5. The van der Waals surface area contributed by atoms with E-state index in [4.69, 9.17) is 4.52 Å². The van der Waals surface area contributed by atoms with Gasteiger partial charge in [-0.1, -0.05) is 17.3 Å². The first-order valence-corrected chi connectivity index (χ1v) is 12.1. The number of amides is 1. The number of alkyl halides is 4. The zero-order chi connectivity index (χ0) is 27.9. The van der Waals surface area contributed by atoms with Crippen molar-refractivity contribution < 1.29 is 31.3 Å². The van der Waals surface area contributed by atoms with Crippen LogP contribution in [0.2, 0.25) is 0 Å². The van der Waals surface area contributed by atoms with E-state index in [1.807, 2.05) is 0 Å². The van der Waals surface area contributed by atoms with Crippen molar-refractivity contribution in [1.82, 2.24) is 24.9 Å². The smallest absolute Gasteiger partial charge is 0.358 e. The van der Waals surface area contributed by atoms with Crippen LogP contribution in [0.3, 0.4) is 0 Å². The largest absolute Gasteiger partial charge is 0.401 e. The van der Waals surface area contributed by atoms with Crippen LogP contribution < -0.4 is 5.32 Å². The van der Waals surface area contributed by atoms with E-state index in [0.29, 0.717) is 29.1 Å². The first-order valence-electron chi connectivity index (χ1n) is 12.1. The van der Waals surface area contributed by atoms with Crippen molar-refractivity contribution in [3.63, 3.8) is 0 Å². The number of nitrogens with one attached hydrogen (secondary N) is 1. The maximum Gasteiger partial charge on any atom is 0.401 e. The number of carbonyl (C=O) groups excluding carboxylic acids is 1. The number of carbonyl (C=O) groups is 1. The summed E-state index contributed by atoms with van der Waals surface area (Å²) in [6.07, 6.45) is -1.25. The molecule has 3 aromatic heterocycles. The van der Waals surface area contributed by atoms with Gasteiger partial charge in [-0.2, -0.15) is 18.3 Å². The number of nitrogens with zero attached hydrogens (tertiary/aromatic N) is 5. The van der Waals surface area contributed by atoms with Crippen LogP contribution in [0.15, 0.2) is 47.4 Å². The van der Waals surface area contributed by atoms with Gasteiger partial charge in [0.1, 0.15) is 17.1 Å². The number of aromatic nitrogens is 5. The Morgan fingerprint density at radius 2 is 1.87 bits per heavy atom. The highest BCUT2D eigenvalue weighted by atomic mass is 19.4. The minimum absolute atomic E-state index is 0.0843. The zero-order valence-electron chi connectivity index (χ0n) is 20.9. The molecule has 1 fully saturated rings. The lowest BCUT2D eigenvalue weighted by Gasteiger charge is -2.14. The van der Waals surface area contributed by atoms with Crippen molar-refractivity contribution in [2.75, 3.05) is 5.32 Å². The maximum absolute atomic E-state index is 14.8. The Kier molecular flexibility index (Phi) is 6.69. The highest BCUT2D eigenvalue weighted by molar-refractivity contribution is 5.91. The van der Waals surface area contributed by atoms with Gasteiger partial charge >= 0.3 is 6.18 Å². The van der Waals surface area contributed by atoms with E-state index in [9.17, 15) is 26.7 Å². The van der Waals surface area contributed by atoms with E-state index in [0.717, 1.165) is 11.6 Å². The van der Waals surface area contributed by atoms with Gasteiger partial charge < -0.3 is 9.84 Å². The summed E-state index contributed by atoms with van der Waals surface area (Å²) in [5.41, 5.74) is 0.527. The summed E-state index contributed by atoms with van der Waals surface area (Å²) in [5.74, 6) is -1.34. The topological polar surface area (TPSA) is 98.7 Å². The van der Waals surface area contributed by atoms with Crippen LogP contribution in [0.4, 0.5) is 27.8 Å². The summed E-state index contributed by atoms with van der Waals surface area (Å²) in [4.78, 5) is 21.0. The molecule has 1 saturated carbocycles. The number of hydrogen-bond donors (Lipinski definition) is 1. The van der Waals surface area contributed by atoms with Crippen LogP contribution in [0.25, 0.3) is 11.1 Å². The molecule has 204 valence electrons. The Morgan fingerprint density at radius 1 is 1.15 bits per heavy atom. The van der Waals surface area contributed by atoms with Gasteiger partial charge in [-0.15, -0.1) is 0 Å². The molecule has 4 aromatic rings. The van der Waals surface area contributed by atoms with Crippen molar-refractivity contribution in [3.05, 3.63) is 77.1 Å². The Morgan fingerprint density at radius 3 is 2.46 bits per heavy atom. The molecule has 8 nitrogen and oxygen atoms in total. The highest BCUT2D eigenvalue weighted by Gasteiger charge is 2.66. The summed E-state index contributed by atoms with van der Waals surface area (Å²) < 4.78 is 74.1. The number of anilines is 1. The molecule has 0 saturated heterocycles. The third-order valence-corrected chi connectivity index (χ3v) is 6.72. The monoisotopic (exact) mass is 546 g/mol. The summed E-state index contributed by atoms with van der Waals surface area (Å²) >= 11 is 0. The van der Waals surface area contributed by atoms with Gasteiger partial charge in [0.05, 0.1) is 12.1 Å². The van der Waals surface area contributed by atoms with Gasteiger partial charge in [-0.3, -0.25) is 4.79 Å². The minimum atomic E-state index is -4.47. The normalized spacial score (nSPS) is 15.3. The fraction of sp³-hybridized carbons (Fsp3) is 0.346. The van der Waals surface area contributed by atoms with Crippen molar-refractivity contribution in [3.8, 4) is 11.1 Å². The van der Waals surface area contributed by atoms with Gasteiger partial charge in [0, 0.05) is 42.2 Å². The predicted molar refractivity (Wildman–Crippen MR) is 129 cm³/mol. The zero-order valence-corrected chi connectivity index (χ0v) is 20.9. The fourth-order valence-electron chi connectivity index (χ4n) is 4.23. The molecule has 0 bridgehead atoms. The minimum Gasteiger partial charge on any atom is -0.358 e. The molecule has 3 heterocycles. The second kappa shape index (κ2) is 9.86. The molecule has 5 rings (SSSR count). The average Bonchev–Trinajstić information content (AvgIpc) is 3.45. The van der Waals surface area contributed by atoms with E-state index in [1.54, 1.807) is 19.2 Å². The van der Waals surface area contributed by atoms with Gasteiger partial charge in [0.2, 0.25) is 5.91 Å². The lowest BCUT2D eigenvalue weighted by atomic mass is 10.0. The lowest BCUT2D eigenvalue weighted by molar-refractivity contribution is -0.165. The third-order valence-electron chi connectivity index (χ3n) is 6.72. The summed E-state index contributed by atoms with van der Waals surface area (Å²) in [6.45, 7) is 3.15. The second-order valence-corrected chi connectivity index (χ2v) is 9.55. The summed E-state index contributed by atoms with van der Waals surface area (Å²) in [7, 11) is 0. The van der Waals surface area contributed by atoms with Crippen molar-refractivity contribution in [2.45, 2.75) is 57.4 Å². The van der Waals surface area contributed by atoms with Crippen LogP contribution in [-0.2, 0) is 23.1 Å². The molecule has 39 heavy (non-hydrogen) atoms. The number of hydrogen-bond acceptors (Lipinski definition) is 6. The third kappa shape index (κ3) is 5.38. The Balaban J connectivity index is 1.21. The molecule has 0 spiro atoms. The molecule has 1 N–H and O–H groups in total. The van der Waals surface area contributed by atoms with Crippen LogP contribution >= 0.6 is 0 Å². The van der Waals surface area contributed by atoms with Crippen LogP contribution in [0.5, 0.6) is 0 Å². The molecule has 0 aliphatic heterocycles. The van der Waals surface area contributed by atoms with Crippen molar-refractivity contribution in [1.29, 1.82) is 0 Å². The molecule has 1 amide bonds. The SMILES string of the molecule is Cc1nn(C(C)F)cc1Cc1ncc(-c2ccc(CC(=O)Nc3cc(C4(C(F)(F)F)CC4)on3)c(F)c2)cn1. The molecule has 13 heteroatoms. The Hall–Kier alpha value is -4.16. The lowest BCUT2D eigenvalue weighted by Crippen LogP contribution is -2.28. The molecule has 1 unspecified atom stereocenters. The fourth-order valence-corrected chi connectivity index (χ4v) is 4.23. The predicted octanol–water partition coefficient (Wildman–Crippen LogP) is 5.63. The van der Waals surface area contributed by atoms with Crippen molar-refractivity contribution >= 4 is 11.7 Å². The Labute approximate surface area is 219 Å². The number of aryl methyl sites for hydroxylation is 1. The van der Waals surface area contributed by atoms with E-state index >= 15 is 0 Å². The van der Waals surface area contributed by atoms with E-state index < -0.39 is 29.6 Å².